The highest BCUT2D eigenvalue weighted by molar-refractivity contribution is 9.10. The fourth-order valence-corrected chi connectivity index (χ4v) is 2.81. The molecule has 1 amide bonds. The Kier molecular flexibility index (Phi) is 5.13. The van der Waals surface area contributed by atoms with Crippen LogP contribution in [-0.4, -0.2) is 19.6 Å². The summed E-state index contributed by atoms with van der Waals surface area (Å²) in [6.45, 7) is 0.457. The van der Waals surface area contributed by atoms with Crippen LogP contribution >= 0.6 is 27.3 Å². The lowest BCUT2D eigenvalue weighted by Gasteiger charge is -2.15. The first kappa shape index (κ1) is 14.2. The summed E-state index contributed by atoms with van der Waals surface area (Å²) in [7, 11) is 1.65. The Labute approximate surface area is 124 Å². The highest BCUT2D eigenvalue weighted by Crippen LogP contribution is 2.19. The van der Waals surface area contributed by atoms with Crippen LogP contribution < -0.4 is 5.32 Å². The zero-order valence-electron chi connectivity index (χ0n) is 10.4. The number of carbonyl (C=O) groups is 1. The standard InChI is InChI=1S/C14H14BrNO2S/c1-18-13(11-5-6-19-9-11)8-16-14(17)10-3-2-4-12(15)7-10/h2-7,9,13H,8H2,1H3,(H,16,17). The van der Waals surface area contributed by atoms with Crippen molar-refractivity contribution in [1.29, 1.82) is 0 Å². The molecule has 1 aromatic carbocycles. The molecule has 0 saturated heterocycles. The van der Waals surface area contributed by atoms with Gasteiger partial charge in [-0.2, -0.15) is 11.3 Å². The van der Waals surface area contributed by atoms with Crippen LogP contribution in [0, 0.1) is 0 Å². The van der Waals surface area contributed by atoms with Gasteiger partial charge >= 0.3 is 0 Å². The van der Waals surface area contributed by atoms with Crippen LogP contribution in [0.2, 0.25) is 0 Å². The topological polar surface area (TPSA) is 38.3 Å². The lowest BCUT2D eigenvalue weighted by molar-refractivity contribution is 0.0829. The second-order valence-electron chi connectivity index (χ2n) is 4.00. The molecule has 1 N–H and O–H groups in total. The van der Waals surface area contributed by atoms with E-state index in [1.165, 1.54) is 0 Å². The first-order valence-electron chi connectivity index (χ1n) is 5.79. The van der Waals surface area contributed by atoms with E-state index in [2.05, 4.69) is 21.2 Å². The van der Waals surface area contributed by atoms with Gasteiger partial charge < -0.3 is 10.1 Å². The third-order valence-corrected chi connectivity index (χ3v) is 3.93. The van der Waals surface area contributed by atoms with E-state index >= 15 is 0 Å². The Hall–Kier alpha value is -1.17. The number of hydrogen-bond donors (Lipinski definition) is 1. The molecule has 100 valence electrons. The van der Waals surface area contributed by atoms with Crippen molar-refractivity contribution in [1.82, 2.24) is 5.32 Å². The monoisotopic (exact) mass is 339 g/mol. The van der Waals surface area contributed by atoms with Crippen LogP contribution in [0.5, 0.6) is 0 Å². The third-order valence-electron chi connectivity index (χ3n) is 2.73. The molecule has 1 heterocycles. The molecule has 1 atom stereocenters. The zero-order chi connectivity index (χ0) is 13.7. The maximum absolute atomic E-state index is 12.0. The Balaban J connectivity index is 1.96. The third kappa shape index (κ3) is 3.89. The quantitative estimate of drug-likeness (QED) is 0.903. The largest absolute Gasteiger partial charge is 0.375 e. The van der Waals surface area contributed by atoms with Crippen molar-refractivity contribution in [3.8, 4) is 0 Å². The number of halogens is 1. The van der Waals surface area contributed by atoms with Crippen molar-refractivity contribution in [3.63, 3.8) is 0 Å². The van der Waals surface area contributed by atoms with Gasteiger partial charge in [0.05, 0.1) is 0 Å². The van der Waals surface area contributed by atoms with Gasteiger partial charge in [-0.15, -0.1) is 0 Å². The first-order chi connectivity index (χ1) is 9.20. The maximum atomic E-state index is 12.0. The van der Waals surface area contributed by atoms with Gasteiger partial charge in [-0.3, -0.25) is 4.79 Å². The Morgan fingerprint density at radius 1 is 1.47 bits per heavy atom. The van der Waals surface area contributed by atoms with E-state index in [0.29, 0.717) is 12.1 Å². The molecule has 1 aromatic heterocycles. The molecule has 5 heteroatoms. The number of nitrogens with one attached hydrogen (secondary N) is 1. The molecule has 19 heavy (non-hydrogen) atoms. The van der Waals surface area contributed by atoms with Gasteiger partial charge in [0.2, 0.25) is 0 Å². The van der Waals surface area contributed by atoms with Gasteiger partial charge in [0.25, 0.3) is 5.91 Å². The van der Waals surface area contributed by atoms with E-state index in [1.807, 2.05) is 29.0 Å². The normalized spacial score (nSPS) is 12.1. The minimum atomic E-state index is -0.109. The second-order valence-corrected chi connectivity index (χ2v) is 5.70. The molecule has 0 aliphatic rings. The van der Waals surface area contributed by atoms with Crippen molar-refractivity contribution in [2.45, 2.75) is 6.10 Å². The fourth-order valence-electron chi connectivity index (χ4n) is 1.71. The van der Waals surface area contributed by atoms with E-state index < -0.39 is 0 Å². The molecule has 0 spiro atoms. The summed E-state index contributed by atoms with van der Waals surface area (Å²) in [5.41, 5.74) is 1.72. The molecule has 0 aliphatic heterocycles. The minimum Gasteiger partial charge on any atom is -0.375 e. The maximum Gasteiger partial charge on any atom is 0.251 e. The SMILES string of the molecule is COC(CNC(=O)c1cccc(Br)c1)c1ccsc1. The van der Waals surface area contributed by atoms with Crippen molar-refractivity contribution in [3.05, 3.63) is 56.7 Å². The van der Waals surface area contributed by atoms with Crippen molar-refractivity contribution >= 4 is 33.2 Å². The van der Waals surface area contributed by atoms with Gasteiger partial charge in [-0.1, -0.05) is 22.0 Å². The summed E-state index contributed by atoms with van der Waals surface area (Å²) >= 11 is 4.97. The number of methoxy groups -OCH3 is 1. The van der Waals surface area contributed by atoms with E-state index in [1.54, 1.807) is 30.6 Å². The average Bonchev–Trinajstić information content (AvgIpc) is 2.93. The number of rotatable bonds is 5. The molecule has 0 fully saturated rings. The van der Waals surface area contributed by atoms with E-state index in [4.69, 9.17) is 4.74 Å². The average molecular weight is 340 g/mol. The molecule has 1 unspecified atom stereocenters. The van der Waals surface area contributed by atoms with Crippen LogP contribution in [0.25, 0.3) is 0 Å². The minimum absolute atomic E-state index is 0.0985. The van der Waals surface area contributed by atoms with Crippen LogP contribution in [0.3, 0.4) is 0 Å². The van der Waals surface area contributed by atoms with Gasteiger partial charge in [0.1, 0.15) is 6.10 Å². The van der Waals surface area contributed by atoms with Crippen molar-refractivity contribution < 1.29 is 9.53 Å². The summed E-state index contributed by atoms with van der Waals surface area (Å²) in [6, 6.07) is 9.31. The van der Waals surface area contributed by atoms with Gasteiger partial charge in [-0.25, -0.2) is 0 Å². The lowest BCUT2D eigenvalue weighted by atomic mass is 10.2. The number of benzene rings is 1. The molecule has 3 nitrogen and oxygen atoms in total. The predicted octanol–water partition coefficient (Wildman–Crippen LogP) is 3.63. The van der Waals surface area contributed by atoms with Crippen LogP contribution in [0.15, 0.2) is 45.6 Å². The Morgan fingerprint density at radius 3 is 2.95 bits per heavy atom. The zero-order valence-corrected chi connectivity index (χ0v) is 12.8. The van der Waals surface area contributed by atoms with Crippen LogP contribution in [0.4, 0.5) is 0 Å². The summed E-state index contributed by atoms with van der Waals surface area (Å²) in [5.74, 6) is -0.0985. The number of ether oxygens (including phenoxy) is 1. The molecule has 0 bridgehead atoms. The number of thiophene rings is 1. The highest BCUT2D eigenvalue weighted by Gasteiger charge is 2.13. The smallest absolute Gasteiger partial charge is 0.251 e. The summed E-state index contributed by atoms with van der Waals surface area (Å²) < 4.78 is 6.28. The van der Waals surface area contributed by atoms with Gasteiger partial charge in [-0.05, 0) is 40.6 Å². The van der Waals surface area contributed by atoms with E-state index in [0.717, 1.165) is 10.0 Å². The van der Waals surface area contributed by atoms with E-state index in [-0.39, 0.29) is 12.0 Å². The number of carbonyl (C=O) groups excluding carboxylic acids is 1. The molecular formula is C14H14BrNO2S. The number of amides is 1. The molecule has 2 aromatic rings. The molecule has 0 saturated carbocycles. The van der Waals surface area contributed by atoms with Crippen molar-refractivity contribution in [2.75, 3.05) is 13.7 Å². The van der Waals surface area contributed by atoms with Gasteiger partial charge in [0.15, 0.2) is 0 Å². The molecular weight excluding hydrogens is 326 g/mol. The predicted molar refractivity (Wildman–Crippen MR) is 80.5 cm³/mol. The Morgan fingerprint density at radius 2 is 2.32 bits per heavy atom. The summed E-state index contributed by atoms with van der Waals surface area (Å²) in [6.07, 6.45) is -0.109. The van der Waals surface area contributed by atoms with Crippen LogP contribution in [0.1, 0.15) is 22.0 Å². The first-order valence-corrected chi connectivity index (χ1v) is 7.53. The summed E-state index contributed by atoms with van der Waals surface area (Å²) in [5, 5.41) is 6.91. The Bertz CT molecular complexity index is 542. The number of hydrogen-bond acceptors (Lipinski definition) is 3. The fraction of sp³-hybridized carbons (Fsp3) is 0.214. The summed E-state index contributed by atoms with van der Waals surface area (Å²) in [4.78, 5) is 12.0. The van der Waals surface area contributed by atoms with E-state index in [9.17, 15) is 4.79 Å². The second kappa shape index (κ2) is 6.84. The molecule has 0 aliphatic carbocycles. The lowest BCUT2D eigenvalue weighted by Crippen LogP contribution is -2.28. The molecule has 2 rings (SSSR count). The van der Waals surface area contributed by atoms with Crippen LogP contribution in [-0.2, 0) is 4.74 Å². The molecule has 0 radical (unpaired) electrons. The van der Waals surface area contributed by atoms with Crippen molar-refractivity contribution in [2.24, 2.45) is 0 Å². The highest BCUT2D eigenvalue weighted by atomic mass is 79.9. The van der Waals surface area contributed by atoms with Gasteiger partial charge in [0, 0.05) is 23.7 Å².